The van der Waals surface area contributed by atoms with Gasteiger partial charge in [0.1, 0.15) is 17.3 Å². The van der Waals surface area contributed by atoms with E-state index in [0.717, 1.165) is 11.1 Å². The van der Waals surface area contributed by atoms with Gasteiger partial charge in [-0.15, -0.1) is 0 Å². The summed E-state index contributed by atoms with van der Waals surface area (Å²) in [5.74, 6) is 0.300. The maximum atomic E-state index is 11.3. The molecule has 0 aliphatic carbocycles. The molecule has 0 radical (unpaired) electrons. The fourth-order valence-corrected chi connectivity index (χ4v) is 3.53. The molecule has 0 aromatic heterocycles. The lowest BCUT2D eigenvalue weighted by atomic mass is 10.1. The Morgan fingerprint density at radius 3 is 2.38 bits per heavy atom. The molecular weight excluding hydrogens is 355 g/mol. The molecule has 0 saturated heterocycles. The van der Waals surface area contributed by atoms with Crippen molar-refractivity contribution in [2.24, 2.45) is 0 Å². The van der Waals surface area contributed by atoms with Crippen LogP contribution in [0.15, 0.2) is 41.3 Å². The van der Waals surface area contributed by atoms with Crippen molar-refractivity contribution >= 4 is 42.9 Å². The number of hydrogen-bond acceptors (Lipinski definition) is 3. The molecule has 0 fully saturated rings. The summed E-state index contributed by atoms with van der Waals surface area (Å²) in [6, 6.07) is 10.3. The molecule has 0 spiro atoms. The van der Waals surface area contributed by atoms with Crippen LogP contribution < -0.4 is 4.74 Å². The van der Waals surface area contributed by atoms with Crippen LogP contribution in [-0.4, -0.2) is 8.42 Å². The first-order valence-electron chi connectivity index (χ1n) is 5.90. The molecule has 112 valence electrons. The van der Waals surface area contributed by atoms with Gasteiger partial charge < -0.3 is 4.74 Å². The number of halogens is 3. The van der Waals surface area contributed by atoms with Crippen LogP contribution in [0.25, 0.3) is 0 Å². The van der Waals surface area contributed by atoms with E-state index in [1.807, 2.05) is 31.2 Å². The molecule has 0 aliphatic heterocycles. The third-order valence-electron chi connectivity index (χ3n) is 2.89. The molecule has 0 aliphatic rings. The molecule has 0 unspecified atom stereocenters. The third kappa shape index (κ3) is 4.04. The Morgan fingerprint density at radius 1 is 1.10 bits per heavy atom. The molecule has 7 heteroatoms. The van der Waals surface area contributed by atoms with Crippen molar-refractivity contribution in [3.63, 3.8) is 0 Å². The third-order valence-corrected chi connectivity index (χ3v) is 4.98. The van der Waals surface area contributed by atoms with E-state index in [-0.39, 0.29) is 14.9 Å². The van der Waals surface area contributed by atoms with Crippen LogP contribution in [0.5, 0.6) is 5.75 Å². The first-order chi connectivity index (χ1) is 9.79. The zero-order valence-electron chi connectivity index (χ0n) is 10.9. The van der Waals surface area contributed by atoms with E-state index < -0.39 is 9.05 Å². The normalized spacial score (nSPS) is 11.4. The van der Waals surface area contributed by atoms with Gasteiger partial charge in [0, 0.05) is 16.7 Å². The van der Waals surface area contributed by atoms with Gasteiger partial charge in [-0.25, -0.2) is 8.42 Å². The minimum absolute atomic E-state index is 0.0332. The van der Waals surface area contributed by atoms with E-state index in [0.29, 0.717) is 12.4 Å². The van der Waals surface area contributed by atoms with Crippen LogP contribution in [0.2, 0.25) is 10.0 Å². The van der Waals surface area contributed by atoms with Crippen molar-refractivity contribution < 1.29 is 13.2 Å². The Balaban J connectivity index is 2.26. The van der Waals surface area contributed by atoms with Gasteiger partial charge in [-0.1, -0.05) is 47.5 Å². The quantitative estimate of drug-likeness (QED) is 0.730. The summed E-state index contributed by atoms with van der Waals surface area (Å²) in [4.78, 5) is -0.237. The minimum atomic E-state index is -3.95. The van der Waals surface area contributed by atoms with Gasteiger partial charge in [0.2, 0.25) is 0 Å². The summed E-state index contributed by atoms with van der Waals surface area (Å²) in [6.07, 6.45) is 0. The Hall–Kier alpha value is -0.940. The number of aryl methyl sites for hydroxylation is 1. The molecule has 0 bridgehead atoms. The van der Waals surface area contributed by atoms with Crippen LogP contribution in [0.1, 0.15) is 11.1 Å². The van der Waals surface area contributed by atoms with Crippen molar-refractivity contribution in [1.29, 1.82) is 0 Å². The van der Waals surface area contributed by atoms with Crippen molar-refractivity contribution in [2.45, 2.75) is 18.4 Å². The topological polar surface area (TPSA) is 43.4 Å². The maximum Gasteiger partial charge on any atom is 0.262 e. The van der Waals surface area contributed by atoms with Gasteiger partial charge in [0.25, 0.3) is 9.05 Å². The van der Waals surface area contributed by atoms with Crippen molar-refractivity contribution in [3.8, 4) is 5.75 Å². The average Bonchev–Trinajstić information content (AvgIpc) is 2.39. The number of benzene rings is 2. The van der Waals surface area contributed by atoms with Crippen LogP contribution in [0.3, 0.4) is 0 Å². The molecule has 0 N–H and O–H groups in total. The van der Waals surface area contributed by atoms with Crippen molar-refractivity contribution in [2.75, 3.05) is 0 Å². The molecule has 21 heavy (non-hydrogen) atoms. The lowest BCUT2D eigenvalue weighted by molar-refractivity contribution is 0.305. The number of rotatable bonds is 4. The summed E-state index contributed by atoms with van der Waals surface area (Å²) in [6.45, 7) is 2.27. The SMILES string of the molecule is Cc1ccccc1COc1cc(Cl)c(S(=O)(=O)Cl)cc1Cl. The fraction of sp³-hybridized carbons (Fsp3) is 0.143. The van der Waals surface area contributed by atoms with E-state index in [1.54, 1.807) is 0 Å². The molecule has 0 amide bonds. The lowest BCUT2D eigenvalue weighted by Crippen LogP contribution is -1.99. The molecule has 2 aromatic carbocycles. The Kier molecular flexibility index (Phi) is 5.04. The second-order valence-electron chi connectivity index (χ2n) is 4.37. The lowest BCUT2D eigenvalue weighted by Gasteiger charge is -2.11. The van der Waals surface area contributed by atoms with Gasteiger partial charge in [-0.05, 0) is 24.1 Å². The van der Waals surface area contributed by atoms with Crippen LogP contribution in [-0.2, 0) is 15.7 Å². The summed E-state index contributed by atoms with van der Waals surface area (Å²) in [7, 11) is 1.32. The van der Waals surface area contributed by atoms with E-state index in [4.69, 9.17) is 38.6 Å². The van der Waals surface area contributed by atoms with Crippen LogP contribution in [0.4, 0.5) is 0 Å². The summed E-state index contributed by atoms with van der Waals surface area (Å²) in [5.41, 5.74) is 2.08. The average molecular weight is 366 g/mol. The maximum absolute atomic E-state index is 11.3. The van der Waals surface area contributed by atoms with Crippen LogP contribution in [0, 0.1) is 6.92 Å². The predicted octanol–water partition coefficient (Wildman–Crippen LogP) is 4.81. The highest BCUT2D eigenvalue weighted by atomic mass is 35.7. The standard InChI is InChI=1S/C14H11Cl3O3S/c1-9-4-2-3-5-10(9)8-20-13-6-12(16)14(7-11(13)15)21(17,18)19/h2-7H,8H2,1H3. The largest absolute Gasteiger partial charge is 0.487 e. The molecule has 2 rings (SSSR count). The minimum Gasteiger partial charge on any atom is -0.487 e. The molecule has 0 saturated carbocycles. The highest BCUT2D eigenvalue weighted by molar-refractivity contribution is 8.13. The highest BCUT2D eigenvalue weighted by Crippen LogP contribution is 2.35. The van der Waals surface area contributed by atoms with Crippen LogP contribution >= 0.6 is 33.9 Å². The van der Waals surface area contributed by atoms with E-state index >= 15 is 0 Å². The summed E-state index contributed by atoms with van der Waals surface area (Å²) < 4.78 is 28.2. The monoisotopic (exact) mass is 364 g/mol. The van der Waals surface area contributed by atoms with Gasteiger partial charge in [0.05, 0.1) is 10.0 Å². The molecule has 3 nitrogen and oxygen atoms in total. The first kappa shape index (κ1) is 16.4. The van der Waals surface area contributed by atoms with E-state index in [9.17, 15) is 8.42 Å². The predicted molar refractivity (Wildman–Crippen MR) is 85.0 cm³/mol. The van der Waals surface area contributed by atoms with Gasteiger partial charge in [0.15, 0.2) is 0 Å². The Bertz CT molecular complexity index is 773. The van der Waals surface area contributed by atoms with E-state index in [2.05, 4.69) is 0 Å². The number of ether oxygens (including phenoxy) is 1. The van der Waals surface area contributed by atoms with Gasteiger partial charge in [-0.2, -0.15) is 0 Å². The Labute approximate surface area is 137 Å². The molecule has 0 atom stereocenters. The second-order valence-corrected chi connectivity index (χ2v) is 7.71. The molecule has 2 aromatic rings. The highest BCUT2D eigenvalue weighted by Gasteiger charge is 2.18. The Morgan fingerprint density at radius 2 is 1.76 bits per heavy atom. The smallest absolute Gasteiger partial charge is 0.262 e. The fourth-order valence-electron chi connectivity index (χ4n) is 1.74. The molecular formula is C14H11Cl3O3S. The van der Waals surface area contributed by atoms with Gasteiger partial charge >= 0.3 is 0 Å². The molecule has 0 heterocycles. The zero-order chi connectivity index (χ0) is 15.6. The summed E-state index contributed by atoms with van der Waals surface area (Å²) in [5, 5.41) is 0.0985. The summed E-state index contributed by atoms with van der Waals surface area (Å²) >= 11 is 11.9. The second kappa shape index (κ2) is 6.44. The van der Waals surface area contributed by atoms with Crippen molar-refractivity contribution in [3.05, 3.63) is 57.6 Å². The van der Waals surface area contributed by atoms with E-state index in [1.165, 1.54) is 12.1 Å². The van der Waals surface area contributed by atoms with Gasteiger partial charge in [-0.3, -0.25) is 0 Å². The van der Waals surface area contributed by atoms with Crippen molar-refractivity contribution in [1.82, 2.24) is 0 Å². The zero-order valence-corrected chi connectivity index (χ0v) is 14.0. The number of hydrogen-bond donors (Lipinski definition) is 0. The first-order valence-corrected chi connectivity index (χ1v) is 8.96.